The van der Waals surface area contributed by atoms with Gasteiger partial charge in [-0.15, -0.1) is 11.3 Å². The standard InChI is InChI=1S/C14H15NOS/c1-9-4-10(2)6-12(5-9)13(16)7-14-15-11(3)8-17-14/h4-6,8H,7H2,1-3H3. The van der Waals surface area contributed by atoms with Crippen molar-refractivity contribution in [1.82, 2.24) is 4.98 Å². The number of thiazole rings is 1. The summed E-state index contributed by atoms with van der Waals surface area (Å²) >= 11 is 1.55. The summed E-state index contributed by atoms with van der Waals surface area (Å²) in [6.45, 7) is 5.97. The van der Waals surface area contributed by atoms with E-state index in [1.54, 1.807) is 11.3 Å². The van der Waals surface area contributed by atoms with Crippen LogP contribution in [0.25, 0.3) is 0 Å². The van der Waals surface area contributed by atoms with Crippen LogP contribution in [0.3, 0.4) is 0 Å². The molecule has 0 bridgehead atoms. The lowest BCUT2D eigenvalue weighted by Gasteiger charge is -2.03. The van der Waals surface area contributed by atoms with Gasteiger partial charge in [0, 0.05) is 16.6 Å². The third-order valence-electron chi connectivity index (χ3n) is 2.52. The monoisotopic (exact) mass is 245 g/mol. The van der Waals surface area contributed by atoms with Gasteiger partial charge in [-0.1, -0.05) is 17.2 Å². The molecule has 17 heavy (non-hydrogen) atoms. The molecule has 1 aromatic heterocycles. The number of Topliss-reactive ketones (excluding diaryl/α,β-unsaturated/α-hetero) is 1. The van der Waals surface area contributed by atoms with Crippen molar-refractivity contribution in [3.63, 3.8) is 0 Å². The molecule has 0 spiro atoms. The fourth-order valence-electron chi connectivity index (χ4n) is 1.86. The minimum atomic E-state index is 0.145. The number of aromatic nitrogens is 1. The van der Waals surface area contributed by atoms with Gasteiger partial charge in [0.1, 0.15) is 5.01 Å². The maximum atomic E-state index is 12.1. The molecule has 0 saturated carbocycles. The van der Waals surface area contributed by atoms with E-state index in [4.69, 9.17) is 0 Å². The number of benzene rings is 1. The molecule has 0 unspecified atom stereocenters. The summed E-state index contributed by atoms with van der Waals surface area (Å²) in [5.41, 5.74) is 4.03. The summed E-state index contributed by atoms with van der Waals surface area (Å²) < 4.78 is 0. The predicted octanol–water partition coefficient (Wildman–Crippen LogP) is 3.49. The lowest BCUT2D eigenvalue weighted by atomic mass is 10.0. The Bertz CT molecular complexity index is 537. The first-order valence-electron chi connectivity index (χ1n) is 5.57. The van der Waals surface area contributed by atoms with Crippen LogP contribution in [0, 0.1) is 20.8 Å². The van der Waals surface area contributed by atoms with Crippen molar-refractivity contribution in [1.29, 1.82) is 0 Å². The Balaban J connectivity index is 2.19. The Kier molecular flexibility index (Phi) is 3.38. The van der Waals surface area contributed by atoms with Crippen LogP contribution in [-0.2, 0) is 6.42 Å². The fourth-order valence-corrected chi connectivity index (χ4v) is 2.63. The Labute approximate surface area is 105 Å². The van der Waals surface area contributed by atoms with Gasteiger partial charge < -0.3 is 0 Å². The van der Waals surface area contributed by atoms with Crippen molar-refractivity contribution in [2.45, 2.75) is 27.2 Å². The van der Waals surface area contributed by atoms with E-state index in [1.807, 2.05) is 38.3 Å². The van der Waals surface area contributed by atoms with Crippen molar-refractivity contribution < 1.29 is 4.79 Å². The SMILES string of the molecule is Cc1cc(C)cc(C(=O)Cc2nc(C)cs2)c1. The fraction of sp³-hybridized carbons (Fsp3) is 0.286. The molecule has 0 radical (unpaired) electrons. The predicted molar refractivity (Wildman–Crippen MR) is 70.8 cm³/mol. The van der Waals surface area contributed by atoms with Gasteiger partial charge in [0.05, 0.1) is 6.42 Å². The summed E-state index contributed by atoms with van der Waals surface area (Å²) in [5.74, 6) is 0.145. The number of carbonyl (C=O) groups is 1. The number of ketones is 1. The zero-order valence-electron chi connectivity index (χ0n) is 10.3. The summed E-state index contributed by atoms with van der Waals surface area (Å²) in [5, 5.41) is 2.87. The van der Waals surface area contributed by atoms with Crippen molar-refractivity contribution in [2.24, 2.45) is 0 Å². The van der Waals surface area contributed by atoms with Crippen LogP contribution >= 0.6 is 11.3 Å². The molecule has 0 aliphatic heterocycles. The highest BCUT2D eigenvalue weighted by Crippen LogP contribution is 2.15. The Morgan fingerprint density at radius 1 is 1.18 bits per heavy atom. The van der Waals surface area contributed by atoms with Crippen LogP contribution < -0.4 is 0 Å². The van der Waals surface area contributed by atoms with Gasteiger partial charge >= 0.3 is 0 Å². The molecule has 1 aromatic carbocycles. The summed E-state index contributed by atoms with van der Waals surface area (Å²) in [6, 6.07) is 5.95. The van der Waals surface area contributed by atoms with E-state index >= 15 is 0 Å². The van der Waals surface area contributed by atoms with Crippen LogP contribution in [0.15, 0.2) is 23.6 Å². The average Bonchev–Trinajstić information content (AvgIpc) is 2.62. The summed E-state index contributed by atoms with van der Waals surface area (Å²) in [7, 11) is 0. The maximum absolute atomic E-state index is 12.1. The minimum absolute atomic E-state index is 0.145. The van der Waals surface area contributed by atoms with Gasteiger partial charge in [-0.25, -0.2) is 4.98 Å². The van der Waals surface area contributed by atoms with Crippen LogP contribution in [-0.4, -0.2) is 10.8 Å². The van der Waals surface area contributed by atoms with Crippen molar-refractivity contribution in [3.05, 3.63) is 51.0 Å². The van der Waals surface area contributed by atoms with E-state index in [9.17, 15) is 4.79 Å². The minimum Gasteiger partial charge on any atom is -0.294 e. The second-order valence-corrected chi connectivity index (χ2v) is 5.30. The topological polar surface area (TPSA) is 30.0 Å². The largest absolute Gasteiger partial charge is 0.294 e. The molecule has 3 heteroatoms. The van der Waals surface area contributed by atoms with E-state index in [0.717, 1.165) is 27.4 Å². The number of rotatable bonds is 3. The molecule has 0 saturated heterocycles. The van der Waals surface area contributed by atoms with Crippen molar-refractivity contribution >= 4 is 17.1 Å². The molecule has 0 atom stereocenters. The molecule has 1 heterocycles. The number of hydrogen-bond donors (Lipinski definition) is 0. The third kappa shape index (κ3) is 3.01. The maximum Gasteiger partial charge on any atom is 0.169 e. The zero-order chi connectivity index (χ0) is 12.4. The first kappa shape index (κ1) is 12.0. The van der Waals surface area contributed by atoms with Crippen LogP contribution in [0.4, 0.5) is 0 Å². The molecule has 0 amide bonds. The van der Waals surface area contributed by atoms with E-state index < -0.39 is 0 Å². The zero-order valence-corrected chi connectivity index (χ0v) is 11.1. The van der Waals surface area contributed by atoms with E-state index in [2.05, 4.69) is 11.1 Å². The second-order valence-electron chi connectivity index (χ2n) is 4.36. The smallest absolute Gasteiger partial charge is 0.169 e. The number of hydrogen-bond acceptors (Lipinski definition) is 3. The molecular weight excluding hydrogens is 230 g/mol. The molecule has 2 nitrogen and oxygen atoms in total. The van der Waals surface area contributed by atoms with Crippen LogP contribution in [0.2, 0.25) is 0 Å². The molecule has 2 aromatic rings. The van der Waals surface area contributed by atoms with Crippen molar-refractivity contribution in [3.8, 4) is 0 Å². The Morgan fingerprint density at radius 2 is 1.82 bits per heavy atom. The highest BCUT2D eigenvalue weighted by molar-refractivity contribution is 7.09. The Morgan fingerprint density at radius 3 is 2.35 bits per heavy atom. The third-order valence-corrected chi connectivity index (χ3v) is 3.49. The second kappa shape index (κ2) is 4.80. The van der Waals surface area contributed by atoms with Gasteiger partial charge in [0.15, 0.2) is 5.78 Å². The normalized spacial score (nSPS) is 10.5. The lowest BCUT2D eigenvalue weighted by Crippen LogP contribution is -2.04. The van der Waals surface area contributed by atoms with E-state index in [1.165, 1.54) is 0 Å². The van der Waals surface area contributed by atoms with Crippen LogP contribution in [0.1, 0.15) is 32.2 Å². The summed E-state index contributed by atoms with van der Waals surface area (Å²) in [6.07, 6.45) is 0.404. The number of nitrogens with zero attached hydrogens (tertiary/aromatic N) is 1. The molecule has 0 aliphatic carbocycles. The molecule has 0 N–H and O–H groups in total. The van der Waals surface area contributed by atoms with E-state index in [0.29, 0.717) is 6.42 Å². The first-order valence-corrected chi connectivity index (χ1v) is 6.45. The molecule has 0 fully saturated rings. The number of aryl methyl sites for hydroxylation is 3. The van der Waals surface area contributed by atoms with Gasteiger partial charge in [0.2, 0.25) is 0 Å². The first-order chi connectivity index (χ1) is 8.04. The average molecular weight is 245 g/mol. The number of carbonyl (C=O) groups excluding carboxylic acids is 1. The summed E-state index contributed by atoms with van der Waals surface area (Å²) in [4.78, 5) is 16.4. The van der Waals surface area contributed by atoms with Gasteiger partial charge in [-0.2, -0.15) is 0 Å². The molecule has 0 aliphatic rings. The highest BCUT2D eigenvalue weighted by atomic mass is 32.1. The van der Waals surface area contributed by atoms with Gasteiger partial charge in [-0.3, -0.25) is 4.79 Å². The van der Waals surface area contributed by atoms with Crippen molar-refractivity contribution in [2.75, 3.05) is 0 Å². The van der Waals surface area contributed by atoms with Gasteiger partial charge in [0.25, 0.3) is 0 Å². The quantitative estimate of drug-likeness (QED) is 0.775. The highest BCUT2D eigenvalue weighted by Gasteiger charge is 2.10. The van der Waals surface area contributed by atoms with Gasteiger partial charge in [-0.05, 0) is 32.9 Å². The van der Waals surface area contributed by atoms with Crippen LogP contribution in [0.5, 0.6) is 0 Å². The Hall–Kier alpha value is -1.48. The van der Waals surface area contributed by atoms with E-state index in [-0.39, 0.29) is 5.78 Å². The molecular formula is C14H15NOS. The molecule has 2 rings (SSSR count). The lowest BCUT2D eigenvalue weighted by molar-refractivity contribution is 0.0992. The molecule has 88 valence electrons.